The molecule has 0 spiro atoms. The molecule has 6 nitrogen and oxygen atoms in total. The topological polar surface area (TPSA) is 121 Å². The second-order valence-electron chi connectivity index (χ2n) is 7.59. The van der Waals surface area contributed by atoms with E-state index in [-0.39, 0.29) is 19.8 Å². The van der Waals surface area contributed by atoms with E-state index in [2.05, 4.69) is 6.92 Å². The molecule has 0 heterocycles. The Bertz CT molecular complexity index is 264. The molecule has 0 amide bonds. The fraction of sp³-hybridized carbons (Fsp3) is 1.00. The van der Waals surface area contributed by atoms with Crippen LogP contribution >= 0.6 is 8.60 Å². The fourth-order valence-electron chi connectivity index (χ4n) is 3.08. The molecule has 0 aliphatic rings. The molecule has 6 N–H and O–H groups in total. The summed E-state index contributed by atoms with van der Waals surface area (Å²) in [6.45, 7) is 1.89. The van der Waals surface area contributed by atoms with Crippen molar-refractivity contribution in [2.24, 2.45) is 5.41 Å². The van der Waals surface area contributed by atoms with Crippen LogP contribution in [0, 0.1) is 5.41 Å². The van der Waals surface area contributed by atoms with Crippen LogP contribution in [-0.4, -0.2) is 49.8 Å². The first-order valence-corrected chi connectivity index (χ1v) is 11.9. The molecule has 0 aromatic heterocycles. The van der Waals surface area contributed by atoms with Crippen molar-refractivity contribution in [1.29, 1.82) is 0 Å². The summed E-state index contributed by atoms with van der Waals surface area (Å²) in [6.07, 6.45) is 19.3. The van der Waals surface area contributed by atoms with Crippen LogP contribution in [0.5, 0.6) is 0 Å². The zero-order chi connectivity index (χ0) is 20.8. The average Bonchev–Trinajstić information content (AvgIpc) is 2.65. The highest BCUT2D eigenvalue weighted by Crippen LogP contribution is 2.24. The number of unbranched alkanes of at least 4 members (excludes halogenated alkanes) is 13. The van der Waals surface area contributed by atoms with E-state index in [9.17, 15) is 15.3 Å². The zero-order valence-corrected chi connectivity index (χ0v) is 18.3. The van der Waals surface area contributed by atoms with Gasteiger partial charge in [-0.05, 0) is 6.42 Å². The van der Waals surface area contributed by atoms with E-state index in [0.29, 0.717) is 6.42 Å². The highest BCUT2D eigenvalue weighted by Gasteiger charge is 2.26. The van der Waals surface area contributed by atoms with Crippen LogP contribution in [0.2, 0.25) is 0 Å². The van der Waals surface area contributed by atoms with Crippen molar-refractivity contribution in [3.63, 3.8) is 0 Å². The molecule has 0 unspecified atom stereocenters. The number of aliphatic hydroxyl groups is 3. The predicted octanol–water partition coefficient (Wildman–Crippen LogP) is 4.01. The van der Waals surface area contributed by atoms with Gasteiger partial charge in [0, 0.05) is 5.41 Å². The van der Waals surface area contributed by atoms with Crippen LogP contribution < -0.4 is 0 Å². The highest BCUT2D eigenvalue weighted by molar-refractivity contribution is 7.38. The summed E-state index contributed by atoms with van der Waals surface area (Å²) in [4.78, 5) is 21.7. The number of hydrogen-bond acceptors (Lipinski definition) is 6. The second-order valence-corrected chi connectivity index (χ2v) is 8.13. The highest BCUT2D eigenvalue weighted by atomic mass is 31.2. The fourth-order valence-corrected chi connectivity index (χ4v) is 3.08. The summed E-state index contributed by atoms with van der Waals surface area (Å²) in [7, 11) is -2.62. The Morgan fingerprint density at radius 3 is 1.04 bits per heavy atom. The minimum atomic E-state index is -2.62. The van der Waals surface area contributed by atoms with Gasteiger partial charge in [-0.3, -0.25) is 0 Å². The van der Waals surface area contributed by atoms with Gasteiger partial charge in [0.1, 0.15) is 0 Å². The Labute approximate surface area is 167 Å². The molecule has 0 fully saturated rings. The minimum absolute atomic E-state index is 0.127. The van der Waals surface area contributed by atoms with Crippen LogP contribution in [0.3, 0.4) is 0 Å². The normalized spacial score (nSPS) is 11.6. The largest absolute Gasteiger partial charge is 0.396 e. The first-order valence-electron chi connectivity index (χ1n) is 10.7. The monoisotopic (exact) mass is 412 g/mol. The van der Waals surface area contributed by atoms with Gasteiger partial charge in [-0.15, -0.1) is 0 Å². The molecule has 7 heteroatoms. The first kappa shape index (κ1) is 29.4. The van der Waals surface area contributed by atoms with Crippen molar-refractivity contribution in [2.45, 2.75) is 103 Å². The van der Waals surface area contributed by atoms with Gasteiger partial charge in [0.15, 0.2) is 0 Å². The average molecular weight is 413 g/mol. The Hall–Kier alpha value is 0.190. The molecule has 0 aliphatic carbocycles. The van der Waals surface area contributed by atoms with Crippen molar-refractivity contribution in [3.05, 3.63) is 0 Å². The van der Waals surface area contributed by atoms with Crippen LogP contribution in [0.4, 0.5) is 0 Å². The van der Waals surface area contributed by atoms with E-state index in [1.807, 2.05) is 0 Å². The number of rotatable bonds is 18. The Morgan fingerprint density at radius 1 is 0.519 bits per heavy atom. The maximum atomic E-state index is 9.26. The van der Waals surface area contributed by atoms with Gasteiger partial charge in [0.05, 0.1) is 19.8 Å². The van der Waals surface area contributed by atoms with Crippen LogP contribution in [0.25, 0.3) is 0 Å². The van der Waals surface area contributed by atoms with Crippen molar-refractivity contribution in [3.8, 4) is 0 Å². The molecule has 27 heavy (non-hydrogen) atoms. The molecule has 0 aromatic carbocycles. The lowest BCUT2D eigenvalue weighted by Crippen LogP contribution is -2.33. The molecule has 0 saturated carbocycles. The minimum Gasteiger partial charge on any atom is -0.396 e. The van der Waals surface area contributed by atoms with Gasteiger partial charge < -0.3 is 30.0 Å². The number of hydrogen-bond donors (Lipinski definition) is 6. The van der Waals surface area contributed by atoms with Crippen molar-refractivity contribution >= 4 is 8.60 Å². The van der Waals surface area contributed by atoms with Crippen molar-refractivity contribution in [1.82, 2.24) is 0 Å². The molecular formula is C20H45O6P. The lowest BCUT2D eigenvalue weighted by Gasteiger charge is -2.27. The molecule has 0 rings (SSSR count). The number of aliphatic hydroxyl groups excluding tert-OH is 3. The van der Waals surface area contributed by atoms with Crippen LogP contribution in [-0.2, 0) is 0 Å². The summed E-state index contributed by atoms with van der Waals surface area (Å²) in [5.41, 5.74) is -0.670. The van der Waals surface area contributed by atoms with Gasteiger partial charge in [-0.25, -0.2) is 0 Å². The predicted molar refractivity (Wildman–Crippen MR) is 112 cm³/mol. The molecule has 0 aliphatic heterocycles. The maximum Gasteiger partial charge on any atom is 0.324 e. The zero-order valence-electron chi connectivity index (χ0n) is 17.4. The van der Waals surface area contributed by atoms with Crippen molar-refractivity contribution < 1.29 is 30.0 Å². The molecule has 0 saturated heterocycles. The molecule has 0 bridgehead atoms. The SMILES string of the molecule is CCCCCCCCCCCCCCCCC(CO)(CO)CO.OP(O)O. The van der Waals surface area contributed by atoms with Gasteiger partial charge in [-0.2, -0.15) is 0 Å². The molecule has 0 radical (unpaired) electrons. The van der Waals surface area contributed by atoms with E-state index >= 15 is 0 Å². The lowest BCUT2D eigenvalue weighted by atomic mass is 9.85. The van der Waals surface area contributed by atoms with Gasteiger partial charge in [0.2, 0.25) is 0 Å². The van der Waals surface area contributed by atoms with Gasteiger partial charge >= 0.3 is 8.60 Å². The Morgan fingerprint density at radius 2 is 0.778 bits per heavy atom. The van der Waals surface area contributed by atoms with Gasteiger partial charge in [0.25, 0.3) is 0 Å². The first-order chi connectivity index (χ1) is 13.0. The summed E-state index contributed by atoms with van der Waals surface area (Å²) in [5.74, 6) is 0. The summed E-state index contributed by atoms with van der Waals surface area (Å²) in [5, 5.41) is 27.8. The van der Waals surface area contributed by atoms with E-state index in [1.165, 1.54) is 77.0 Å². The smallest absolute Gasteiger partial charge is 0.324 e. The third-order valence-electron chi connectivity index (χ3n) is 5.07. The standard InChI is InChI=1S/C20H42O3.H3O3P/c1-2-3-4-5-6-7-8-9-10-11-12-13-14-15-16-20(17-21,18-22)19-23;1-4(2)3/h21-23H,2-19H2,1H3;1-3H. The van der Waals surface area contributed by atoms with E-state index < -0.39 is 14.0 Å². The second kappa shape index (κ2) is 22.5. The third kappa shape index (κ3) is 22.3. The van der Waals surface area contributed by atoms with Gasteiger partial charge in [-0.1, -0.05) is 96.8 Å². The molecule has 166 valence electrons. The molecule has 0 atom stereocenters. The van der Waals surface area contributed by atoms with E-state index in [0.717, 1.165) is 12.8 Å². The summed E-state index contributed by atoms with van der Waals surface area (Å²) < 4.78 is 0. The Kier molecular flexibility index (Phi) is 24.5. The Balaban J connectivity index is 0. The van der Waals surface area contributed by atoms with Crippen LogP contribution in [0.15, 0.2) is 0 Å². The summed E-state index contributed by atoms with van der Waals surface area (Å²) >= 11 is 0. The quantitative estimate of drug-likeness (QED) is 0.149. The van der Waals surface area contributed by atoms with Crippen LogP contribution in [0.1, 0.15) is 103 Å². The maximum absolute atomic E-state index is 9.26. The third-order valence-corrected chi connectivity index (χ3v) is 5.07. The lowest BCUT2D eigenvalue weighted by molar-refractivity contribution is -0.00230. The van der Waals surface area contributed by atoms with E-state index in [1.54, 1.807) is 0 Å². The molecule has 0 aromatic rings. The molecular weight excluding hydrogens is 367 g/mol. The van der Waals surface area contributed by atoms with E-state index in [4.69, 9.17) is 14.7 Å². The van der Waals surface area contributed by atoms with Crippen molar-refractivity contribution in [2.75, 3.05) is 19.8 Å². The summed E-state index contributed by atoms with van der Waals surface area (Å²) in [6, 6.07) is 0.